The molecule has 0 radical (unpaired) electrons. The zero-order valence-electron chi connectivity index (χ0n) is 11.2. The highest BCUT2D eigenvalue weighted by molar-refractivity contribution is 7.91. The molecule has 0 fully saturated rings. The van der Waals surface area contributed by atoms with E-state index in [0.29, 0.717) is 4.90 Å². The van der Waals surface area contributed by atoms with E-state index in [1.807, 2.05) is 12.1 Å². The number of thiophene rings is 1. The maximum absolute atomic E-state index is 12.3. The quantitative estimate of drug-likeness (QED) is 0.735. The monoisotopic (exact) mass is 292 g/mol. The molecule has 0 atom stereocenters. The zero-order valence-corrected chi connectivity index (χ0v) is 12.9. The largest absolute Gasteiger partial charge is 0.223 e. The molecule has 2 heterocycles. The molecule has 1 aliphatic heterocycles. The van der Waals surface area contributed by atoms with Crippen molar-refractivity contribution in [1.29, 1.82) is 0 Å². The zero-order chi connectivity index (χ0) is 13.8. The summed E-state index contributed by atoms with van der Waals surface area (Å²) in [6, 6.07) is 9.38. The number of rotatable bonds is 0. The first-order chi connectivity index (χ1) is 8.79. The molecule has 0 saturated heterocycles. The highest BCUT2D eigenvalue weighted by Crippen LogP contribution is 2.45. The van der Waals surface area contributed by atoms with Gasteiger partial charge >= 0.3 is 0 Å². The van der Waals surface area contributed by atoms with Crippen LogP contribution in [0.15, 0.2) is 35.2 Å². The smallest absolute Gasteiger partial charge is 0.183 e. The van der Waals surface area contributed by atoms with Gasteiger partial charge in [0.05, 0.1) is 10.6 Å². The van der Waals surface area contributed by atoms with Gasteiger partial charge in [0.15, 0.2) is 9.84 Å². The number of benzene rings is 1. The van der Waals surface area contributed by atoms with E-state index in [1.165, 1.54) is 4.88 Å². The number of sulfone groups is 1. The van der Waals surface area contributed by atoms with Crippen LogP contribution < -0.4 is 0 Å². The van der Waals surface area contributed by atoms with Crippen molar-refractivity contribution in [1.82, 2.24) is 0 Å². The highest BCUT2D eigenvalue weighted by atomic mass is 32.2. The Balaban J connectivity index is 2.29. The minimum atomic E-state index is -3.18. The van der Waals surface area contributed by atoms with Gasteiger partial charge in [-0.2, -0.15) is 0 Å². The number of hydrogen-bond donors (Lipinski definition) is 0. The van der Waals surface area contributed by atoms with Crippen molar-refractivity contribution in [3.63, 3.8) is 0 Å². The Morgan fingerprint density at radius 2 is 1.84 bits per heavy atom. The predicted molar refractivity (Wildman–Crippen MR) is 79.3 cm³/mol. The van der Waals surface area contributed by atoms with Gasteiger partial charge in [-0.1, -0.05) is 39.0 Å². The average Bonchev–Trinajstić information content (AvgIpc) is 2.72. The molecule has 1 aliphatic rings. The fourth-order valence-corrected chi connectivity index (χ4v) is 5.36. The van der Waals surface area contributed by atoms with Crippen LogP contribution in [0, 0.1) is 0 Å². The maximum atomic E-state index is 12.3. The lowest BCUT2D eigenvalue weighted by Crippen LogP contribution is -2.11. The summed E-state index contributed by atoms with van der Waals surface area (Å²) in [5.41, 5.74) is 1.87. The molecule has 3 rings (SSSR count). The summed E-state index contributed by atoms with van der Waals surface area (Å²) in [5.74, 6) is 0.131. The van der Waals surface area contributed by atoms with Crippen LogP contribution in [0.4, 0.5) is 0 Å². The minimum Gasteiger partial charge on any atom is -0.223 e. The fourth-order valence-electron chi connectivity index (χ4n) is 2.34. The molecule has 100 valence electrons. The van der Waals surface area contributed by atoms with Gasteiger partial charge in [0.2, 0.25) is 0 Å². The first-order valence-electron chi connectivity index (χ1n) is 6.24. The van der Waals surface area contributed by atoms with Gasteiger partial charge in [0, 0.05) is 15.3 Å². The summed E-state index contributed by atoms with van der Waals surface area (Å²) in [6.07, 6.45) is 0. The second-order valence-electron chi connectivity index (χ2n) is 5.97. The lowest BCUT2D eigenvalue weighted by atomic mass is 9.94. The molecular weight excluding hydrogens is 276 g/mol. The van der Waals surface area contributed by atoms with Crippen LogP contribution in [0.2, 0.25) is 0 Å². The van der Waals surface area contributed by atoms with Crippen LogP contribution in [0.3, 0.4) is 0 Å². The van der Waals surface area contributed by atoms with Gasteiger partial charge in [-0.05, 0) is 23.1 Å². The Bertz CT molecular complexity index is 747. The molecule has 0 amide bonds. The molecule has 0 bridgehead atoms. The third-order valence-electron chi connectivity index (χ3n) is 3.36. The van der Waals surface area contributed by atoms with E-state index >= 15 is 0 Å². The molecule has 0 saturated carbocycles. The lowest BCUT2D eigenvalue weighted by molar-refractivity contribution is 0.593. The normalized spacial score (nSPS) is 16.8. The first-order valence-corrected chi connectivity index (χ1v) is 8.71. The summed E-state index contributed by atoms with van der Waals surface area (Å²) in [4.78, 5) is 2.84. The van der Waals surface area contributed by atoms with E-state index in [-0.39, 0.29) is 11.2 Å². The molecule has 0 N–H and O–H groups in total. The van der Waals surface area contributed by atoms with Crippen molar-refractivity contribution in [2.24, 2.45) is 0 Å². The topological polar surface area (TPSA) is 34.1 Å². The van der Waals surface area contributed by atoms with Gasteiger partial charge < -0.3 is 0 Å². The molecule has 19 heavy (non-hydrogen) atoms. The van der Waals surface area contributed by atoms with Crippen molar-refractivity contribution in [2.45, 2.75) is 36.8 Å². The van der Waals surface area contributed by atoms with E-state index in [4.69, 9.17) is 0 Å². The highest BCUT2D eigenvalue weighted by Gasteiger charge is 2.31. The van der Waals surface area contributed by atoms with E-state index in [1.54, 1.807) is 23.5 Å². The molecule has 2 aromatic rings. The van der Waals surface area contributed by atoms with Gasteiger partial charge in [0.1, 0.15) is 0 Å². The Hall–Kier alpha value is -1.13. The fraction of sp³-hybridized carbons (Fsp3) is 0.333. The van der Waals surface area contributed by atoms with Gasteiger partial charge in [0.25, 0.3) is 0 Å². The van der Waals surface area contributed by atoms with Crippen LogP contribution in [-0.2, 0) is 21.0 Å². The number of fused-ring (bicyclic) bond motifs is 3. The molecule has 2 nitrogen and oxygen atoms in total. The molecule has 1 aromatic carbocycles. The average molecular weight is 292 g/mol. The Kier molecular flexibility index (Phi) is 2.67. The second-order valence-corrected chi connectivity index (χ2v) is 8.98. The van der Waals surface area contributed by atoms with E-state index in [0.717, 1.165) is 16.0 Å². The van der Waals surface area contributed by atoms with E-state index < -0.39 is 9.84 Å². The van der Waals surface area contributed by atoms with Crippen LogP contribution in [0.1, 0.15) is 31.2 Å². The minimum absolute atomic E-state index is 0.0563. The van der Waals surface area contributed by atoms with Gasteiger partial charge in [-0.25, -0.2) is 8.42 Å². The molecule has 1 aromatic heterocycles. The standard InChI is InChI=1S/C15H16O2S2/c1-15(2,3)13-8-10-9-19(16,17)12-7-5-4-6-11(12)14(10)18-13/h4-8H,9H2,1-3H3. The summed E-state index contributed by atoms with van der Waals surface area (Å²) in [7, 11) is -3.18. The first kappa shape index (κ1) is 12.9. The van der Waals surface area contributed by atoms with E-state index in [9.17, 15) is 8.42 Å². The molecule has 0 unspecified atom stereocenters. The Labute approximate surface area is 118 Å². The lowest BCUT2D eigenvalue weighted by Gasteiger charge is -2.16. The second kappa shape index (κ2) is 3.93. The Morgan fingerprint density at radius 3 is 2.53 bits per heavy atom. The van der Waals surface area contributed by atoms with Crippen LogP contribution in [0.25, 0.3) is 10.4 Å². The summed E-state index contributed by atoms with van der Waals surface area (Å²) >= 11 is 1.72. The van der Waals surface area contributed by atoms with Crippen molar-refractivity contribution in [2.75, 3.05) is 0 Å². The summed E-state index contributed by atoms with van der Waals surface area (Å²) in [5, 5.41) is 0. The third kappa shape index (κ3) is 2.03. The van der Waals surface area contributed by atoms with Crippen molar-refractivity contribution >= 4 is 21.2 Å². The van der Waals surface area contributed by atoms with Gasteiger partial charge in [-0.15, -0.1) is 11.3 Å². The summed E-state index contributed by atoms with van der Waals surface area (Å²) in [6.45, 7) is 6.47. The molecule has 4 heteroatoms. The third-order valence-corrected chi connectivity index (χ3v) is 6.71. The summed E-state index contributed by atoms with van der Waals surface area (Å²) < 4.78 is 24.6. The van der Waals surface area contributed by atoms with Crippen LogP contribution >= 0.6 is 11.3 Å². The number of hydrogen-bond acceptors (Lipinski definition) is 3. The van der Waals surface area contributed by atoms with Gasteiger partial charge in [-0.3, -0.25) is 0 Å². The maximum Gasteiger partial charge on any atom is 0.183 e. The van der Waals surface area contributed by atoms with Crippen molar-refractivity contribution in [3.05, 3.63) is 40.8 Å². The SMILES string of the molecule is CC(C)(C)c1cc2c(s1)-c1ccccc1S(=O)(=O)C2. The molecule has 0 spiro atoms. The van der Waals surface area contributed by atoms with Crippen LogP contribution in [0.5, 0.6) is 0 Å². The van der Waals surface area contributed by atoms with Crippen molar-refractivity contribution < 1.29 is 8.42 Å². The predicted octanol–water partition coefficient (Wildman–Crippen LogP) is 4.00. The van der Waals surface area contributed by atoms with Crippen LogP contribution in [-0.4, -0.2) is 8.42 Å². The molecular formula is C15H16O2S2. The Morgan fingerprint density at radius 1 is 1.16 bits per heavy atom. The van der Waals surface area contributed by atoms with E-state index in [2.05, 4.69) is 26.8 Å². The molecule has 0 aliphatic carbocycles. The van der Waals surface area contributed by atoms with Crippen molar-refractivity contribution in [3.8, 4) is 10.4 Å².